The van der Waals surface area contributed by atoms with Crippen LogP contribution in [0.15, 0.2) is 36.4 Å². The molecule has 0 saturated heterocycles. The lowest BCUT2D eigenvalue weighted by molar-refractivity contribution is -0.122. The zero-order chi connectivity index (χ0) is 21.6. The molecular formula is C21H25ClN2O4S. The molecule has 0 aliphatic carbocycles. The van der Waals surface area contributed by atoms with Crippen LogP contribution < -0.4 is 14.4 Å². The van der Waals surface area contributed by atoms with Gasteiger partial charge in [0.15, 0.2) is 6.10 Å². The van der Waals surface area contributed by atoms with Gasteiger partial charge in [-0.05, 0) is 47.7 Å². The summed E-state index contributed by atoms with van der Waals surface area (Å²) < 4.78 is 32.0. The molecule has 2 aromatic rings. The molecule has 6 nitrogen and oxygen atoms in total. The number of sulfonamides is 1. The van der Waals surface area contributed by atoms with Gasteiger partial charge in [-0.15, -0.1) is 0 Å². The zero-order valence-corrected chi connectivity index (χ0v) is 18.7. The van der Waals surface area contributed by atoms with Crippen LogP contribution in [-0.2, 0) is 20.2 Å². The van der Waals surface area contributed by atoms with E-state index in [4.69, 9.17) is 16.3 Å². The fourth-order valence-corrected chi connectivity index (χ4v) is 4.19. The molecule has 8 heteroatoms. The van der Waals surface area contributed by atoms with E-state index in [-0.39, 0.29) is 12.0 Å². The summed E-state index contributed by atoms with van der Waals surface area (Å²) in [4.78, 5) is 12.8. The van der Waals surface area contributed by atoms with Crippen molar-refractivity contribution in [3.8, 4) is 5.75 Å². The number of benzene rings is 2. The lowest BCUT2D eigenvalue weighted by Gasteiger charge is -2.35. The number of rotatable bonds is 3. The molecule has 1 aliphatic rings. The van der Waals surface area contributed by atoms with Crippen molar-refractivity contribution in [3.05, 3.63) is 52.5 Å². The van der Waals surface area contributed by atoms with E-state index in [2.05, 4.69) is 5.32 Å². The van der Waals surface area contributed by atoms with Crippen LogP contribution >= 0.6 is 11.6 Å². The molecule has 1 heterocycles. The highest BCUT2D eigenvalue weighted by Gasteiger charge is 2.36. The number of amides is 1. The van der Waals surface area contributed by atoms with Crippen molar-refractivity contribution < 1.29 is 17.9 Å². The summed E-state index contributed by atoms with van der Waals surface area (Å²) in [6.07, 6.45) is 0.137. The second-order valence-electron chi connectivity index (χ2n) is 8.28. The van der Waals surface area contributed by atoms with Crippen LogP contribution in [0.25, 0.3) is 0 Å². The average molecular weight is 437 g/mol. The number of carbonyl (C=O) groups excluding carboxylic acids is 1. The summed E-state index contributed by atoms with van der Waals surface area (Å²) in [5, 5.41) is 3.28. The third kappa shape index (κ3) is 4.67. The quantitative estimate of drug-likeness (QED) is 0.785. The molecule has 0 saturated carbocycles. The highest BCUT2D eigenvalue weighted by atomic mass is 35.5. The first kappa shape index (κ1) is 21.5. The minimum atomic E-state index is -3.60. The Morgan fingerprint density at radius 3 is 2.52 bits per heavy atom. The van der Waals surface area contributed by atoms with Crippen molar-refractivity contribution in [2.24, 2.45) is 0 Å². The fraction of sp³-hybridized carbons (Fsp3) is 0.381. The van der Waals surface area contributed by atoms with Gasteiger partial charge < -0.3 is 10.1 Å². The van der Waals surface area contributed by atoms with Crippen LogP contribution in [-0.4, -0.2) is 33.2 Å². The smallest absolute Gasteiger partial charge is 0.267 e. The number of ether oxygens (including phenoxy) is 1. The summed E-state index contributed by atoms with van der Waals surface area (Å²) >= 11 is 6.02. The first-order valence-electron chi connectivity index (χ1n) is 9.22. The van der Waals surface area contributed by atoms with Crippen LogP contribution in [0.5, 0.6) is 5.75 Å². The van der Waals surface area contributed by atoms with Crippen LogP contribution in [0.3, 0.4) is 0 Å². The van der Waals surface area contributed by atoms with E-state index in [1.165, 1.54) is 4.31 Å². The highest BCUT2D eigenvalue weighted by molar-refractivity contribution is 7.92. The Labute approximate surface area is 176 Å². The van der Waals surface area contributed by atoms with Crippen molar-refractivity contribution in [3.63, 3.8) is 0 Å². The van der Waals surface area contributed by atoms with Crippen LogP contribution in [0, 0.1) is 6.92 Å². The van der Waals surface area contributed by atoms with Crippen molar-refractivity contribution in [2.75, 3.05) is 22.4 Å². The Morgan fingerprint density at radius 2 is 1.90 bits per heavy atom. The Balaban J connectivity index is 1.94. The second-order valence-corrected chi connectivity index (χ2v) is 10.6. The lowest BCUT2D eigenvalue weighted by Crippen LogP contribution is -2.48. The predicted octanol–water partition coefficient (Wildman–Crippen LogP) is 4.11. The number of fused-ring (bicyclic) bond motifs is 1. The molecule has 0 bridgehead atoms. The van der Waals surface area contributed by atoms with Crippen molar-refractivity contribution in [1.29, 1.82) is 0 Å². The van der Waals surface area contributed by atoms with E-state index < -0.39 is 22.0 Å². The van der Waals surface area contributed by atoms with Gasteiger partial charge in [0.05, 0.1) is 18.5 Å². The minimum Gasteiger partial charge on any atom is -0.476 e. The number of nitrogens with zero attached hydrogens (tertiary/aromatic N) is 1. The molecule has 1 aliphatic heterocycles. The molecule has 0 unspecified atom stereocenters. The number of halogens is 1. The SMILES string of the molecule is Cc1ccc(Cl)cc1NC(=O)[C@@H]1CN(S(C)(=O)=O)c2cc(C(C)(C)C)ccc2O1. The van der Waals surface area contributed by atoms with Gasteiger partial charge in [-0.1, -0.05) is 44.5 Å². The number of hydrogen-bond acceptors (Lipinski definition) is 4. The zero-order valence-electron chi connectivity index (χ0n) is 17.1. The van der Waals surface area contributed by atoms with Gasteiger partial charge in [0.25, 0.3) is 5.91 Å². The first-order chi connectivity index (χ1) is 13.4. The normalized spacial score (nSPS) is 16.8. The Morgan fingerprint density at radius 1 is 1.21 bits per heavy atom. The maximum atomic E-state index is 12.8. The van der Waals surface area contributed by atoms with Crippen molar-refractivity contribution >= 4 is 38.9 Å². The Hall–Kier alpha value is -2.25. The van der Waals surface area contributed by atoms with E-state index in [9.17, 15) is 13.2 Å². The molecule has 3 rings (SSSR count). The van der Waals surface area contributed by atoms with Gasteiger partial charge in [0.2, 0.25) is 10.0 Å². The number of aryl methyl sites for hydroxylation is 1. The number of nitrogens with one attached hydrogen (secondary N) is 1. The third-order valence-electron chi connectivity index (χ3n) is 4.84. The van der Waals surface area contributed by atoms with Gasteiger partial charge >= 0.3 is 0 Å². The van der Waals surface area contributed by atoms with Gasteiger partial charge in [-0.25, -0.2) is 8.42 Å². The highest BCUT2D eigenvalue weighted by Crippen LogP contribution is 2.38. The predicted molar refractivity (Wildman–Crippen MR) is 117 cm³/mol. The van der Waals surface area contributed by atoms with E-state index >= 15 is 0 Å². The standard InChI is InChI=1S/C21H25ClN2O4S/c1-13-6-8-15(22)11-16(13)23-20(25)19-12-24(29(5,26)27)17-10-14(21(2,3)4)7-9-18(17)28-19/h6-11,19H,12H2,1-5H3,(H,23,25)/t19-/m0/s1. The van der Waals surface area contributed by atoms with E-state index in [1.54, 1.807) is 24.3 Å². The van der Waals surface area contributed by atoms with Crippen molar-refractivity contribution in [1.82, 2.24) is 0 Å². The van der Waals surface area contributed by atoms with Crippen LogP contribution in [0.2, 0.25) is 5.02 Å². The van der Waals surface area contributed by atoms with Crippen molar-refractivity contribution in [2.45, 2.75) is 39.2 Å². The summed E-state index contributed by atoms with van der Waals surface area (Å²) in [5.41, 5.74) is 2.67. The van der Waals surface area contributed by atoms with E-state index in [0.717, 1.165) is 17.4 Å². The maximum absolute atomic E-state index is 12.8. The molecule has 0 spiro atoms. The second kappa shape index (κ2) is 7.54. The number of hydrogen-bond donors (Lipinski definition) is 1. The molecule has 1 atom stereocenters. The molecule has 0 aromatic heterocycles. The molecule has 29 heavy (non-hydrogen) atoms. The topological polar surface area (TPSA) is 75.7 Å². The van der Waals surface area contributed by atoms with Gasteiger partial charge in [0.1, 0.15) is 5.75 Å². The monoisotopic (exact) mass is 436 g/mol. The van der Waals surface area contributed by atoms with Gasteiger partial charge in [-0.2, -0.15) is 0 Å². The average Bonchev–Trinajstić information content (AvgIpc) is 2.61. The molecular weight excluding hydrogens is 412 g/mol. The summed E-state index contributed by atoms with van der Waals surface area (Å²) in [6.45, 7) is 7.89. The third-order valence-corrected chi connectivity index (χ3v) is 6.23. The van der Waals surface area contributed by atoms with Gasteiger partial charge in [-0.3, -0.25) is 9.10 Å². The Bertz CT molecular complexity index is 1060. The largest absolute Gasteiger partial charge is 0.476 e. The molecule has 2 aromatic carbocycles. The summed E-state index contributed by atoms with van der Waals surface area (Å²) in [5.74, 6) is -0.0767. The van der Waals surface area contributed by atoms with Crippen LogP contribution in [0.1, 0.15) is 31.9 Å². The fourth-order valence-electron chi connectivity index (χ4n) is 3.11. The van der Waals surface area contributed by atoms with Gasteiger partial charge in [0, 0.05) is 10.7 Å². The molecule has 0 radical (unpaired) electrons. The summed E-state index contributed by atoms with van der Waals surface area (Å²) in [6, 6.07) is 10.6. The summed E-state index contributed by atoms with van der Waals surface area (Å²) in [7, 11) is -3.60. The Kier molecular flexibility index (Phi) is 5.58. The molecule has 1 N–H and O–H groups in total. The van der Waals surface area contributed by atoms with Crippen LogP contribution in [0.4, 0.5) is 11.4 Å². The number of carbonyl (C=O) groups is 1. The van der Waals surface area contributed by atoms with E-state index in [1.807, 2.05) is 39.8 Å². The first-order valence-corrected chi connectivity index (χ1v) is 11.4. The molecule has 156 valence electrons. The number of anilines is 2. The lowest BCUT2D eigenvalue weighted by atomic mass is 9.86. The van der Waals surface area contributed by atoms with E-state index in [0.29, 0.717) is 22.1 Å². The minimum absolute atomic E-state index is 0.106. The molecule has 1 amide bonds. The maximum Gasteiger partial charge on any atom is 0.267 e. The molecule has 0 fully saturated rings.